The van der Waals surface area contributed by atoms with Crippen molar-refractivity contribution in [3.8, 4) is 0 Å². The lowest BCUT2D eigenvalue weighted by Gasteiger charge is -2.32. The molecule has 0 radical (unpaired) electrons. The first-order valence-corrected chi connectivity index (χ1v) is 4.50. The number of hydrogen-bond donors (Lipinski definition) is 1. The van der Waals surface area contributed by atoms with Crippen molar-refractivity contribution in [2.24, 2.45) is 0 Å². The molecule has 64 valence electrons. The standard InChI is InChI=1S/C7H14N2OS/c1-6-5-11-7(4-10)9(6)8(2)3/h5,7,10H,4H2,1-3H3. The van der Waals surface area contributed by atoms with Gasteiger partial charge in [-0.15, -0.1) is 11.8 Å². The molecule has 1 rings (SSSR count). The van der Waals surface area contributed by atoms with Crippen LogP contribution in [0.1, 0.15) is 6.92 Å². The molecule has 1 unspecified atom stereocenters. The second-order valence-electron chi connectivity index (χ2n) is 2.72. The topological polar surface area (TPSA) is 26.7 Å². The first-order chi connectivity index (χ1) is 5.16. The number of allylic oxidation sites excluding steroid dienone is 1. The molecule has 1 aliphatic rings. The van der Waals surface area contributed by atoms with E-state index in [2.05, 4.69) is 10.4 Å². The number of aliphatic hydroxyl groups excluding tert-OH is 1. The summed E-state index contributed by atoms with van der Waals surface area (Å²) in [5.41, 5.74) is 1.19. The molecule has 0 aromatic rings. The molecule has 0 saturated heterocycles. The Morgan fingerprint density at radius 1 is 1.73 bits per heavy atom. The molecular weight excluding hydrogens is 160 g/mol. The van der Waals surface area contributed by atoms with Crippen molar-refractivity contribution in [3.05, 3.63) is 11.1 Å². The Bertz CT molecular complexity index is 170. The van der Waals surface area contributed by atoms with E-state index < -0.39 is 0 Å². The van der Waals surface area contributed by atoms with Crippen molar-refractivity contribution < 1.29 is 5.11 Å². The minimum atomic E-state index is 0.171. The number of aliphatic hydroxyl groups is 1. The van der Waals surface area contributed by atoms with Crippen molar-refractivity contribution in [1.82, 2.24) is 10.0 Å². The first kappa shape index (κ1) is 8.90. The second-order valence-corrected chi connectivity index (χ2v) is 3.78. The van der Waals surface area contributed by atoms with Crippen LogP contribution in [0.2, 0.25) is 0 Å². The summed E-state index contributed by atoms with van der Waals surface area (Å²) in [6.07, 6.45) is 0. The van der Waals surface area contributed by atoms with E-state index in [1.54, 1.807) is 11.8 Å². The summed E-state index contributed by atoms with van der Waals surface area (Å²) >= 11 is 1.66. The summed E-state index contributed by atoms with van der Waals surface area (Å²) in [5, 5.41) is 15.3. The molecule has 1 aliphatic heterocycles. The predicted octanol–water partition coefficient (Wildman–Crippen LogP) is 0.692. The molecule has 4 heteroatoms. The van der Waals surface area contributed by atoms with Crippen LogP contribution >= 0.6 is 11.8 Å². The van der Waals surface area contributed by atoms with E-state index in [-0.39, 0.29) is 12.0 Å². The third kappa shape index (κ3) is 1.69. The van der Waals surface area contributed by atoms with Crippen LogP contribution in [-0.4, -0.2) is 41.2 Å². The highest BCUT2D eigenvalue weighted by atomic mass is 32.2. The van der Waals surface area contributed by atoms with E-state index in [1.807, 2.05) is 26.0 Å². The van der Waals surface area contributed by atoms with Gasteiger partial charge < -0.3 is 5.11 Å². The molecule has 0 bridgehead atoms. The van der Waals surface area contributed by atoms with Gasteiger partial charge in [-0.05, 0) is 12.3 Å². The van der Waals surface area contributed by atoms with E-state index in [4.69, 9.17) is 5.11 Å². The molecule has 0 spiro atoms. The van der Waals surface area contributed by atoms with E-state index in [0.29, 0.717) is 0 Å². The van der Waals surface area contributed by atoms with Crippen LogP contribution < -0.4 is 0 Å². The Labute approximate surface area is 71.6 Å². The summed E-state index contributed by atoms with van der Waals surface area (Å²) in [5.74, 6) is 0. The Morgan fingerprint density at radius 3 is 2.73 bits per heavy atom. The SMILES string of the molecule is CC1=CSC(CO)N1N(C)C. The van der Waals surface area contributed by atoms with Crippen LogP contribution in [0.5, 0.6) is 0 Å². The van der Waals surface area contributed by atoms with Crippen LogP contribution in [0.4, 0.5) is 0 Å². The van der Waals surface area contributed by atoms with Gasteiger partial charge in [0.2, 0.25) is 0 Å². The Morgan fingerprint density at radius 2 is 2.36 bits per heavy atom. The zero-order chi connectivity index (χ0) is 8.43. The Kier molecular flexibility index (Phi) is 2.81. The van der Waals surface area contributed by atoms with Gasteiger partial charge in [0.15, 0.2) is 0 Å². The van der Waals surface area contributed by atoms with Crippen molar-refractivity contribution in [3.63, 3.8) is 0 Å². The smallest absolute Gasteiger partial charge is 0.117 e. The lowest BCUT2D eigenvalue weighted by molar-refractivity contribution is 0.0363. The van der Waals surface area contributed by atoms with Gasteiger partial charge in [-0.25, -0.2) is 5.01 Å². The van der Waals surface area contributed by atoms with E-state index in [0.717, 1.165) is 0 Å². The highest BCUT2D eigenvalue weighted by Crippen LogP contribution is 2.30. The number of rotatable bonds is 2. The second kappa shape index (κ2) is 3.47. The van der Waals surface area contributed by atoms with Crippen molar-refractivity contribution >= 4 is 11.8 Å². The average Bonchev–Trinajstić information content (AvgIpc) is 2.30. The molecule has 0 aromatic heterocycles. The minimum absolute atomic E-state index is 0.171. The van der Waals surface area contributed by atoms with Crippen LogP contribution in [-0.2, 0) is 0 Å². The van der Waals surface area contributed by atoms with Gasteiger partial charge in [-0.1, -0.05) is 0 Å². The molecule has 3 nitrogen and oxygen atoms in total. The molecule has 1 N–H and O–H groups in total. The van der Waals surface area contributed by atoms with Gasteiger partial charge in [0.1, 0.15) is 5.37 Å². The minimum Gasteiger partial charge on any atom is -0.393 e. The number of hydrogen-bond acceptors (Lipinski definition) is 4. The number of hydrazine groups is 1. The lowest BCUT2D eigenvalue weighted by Crippen LogP contribution is -2.40. The Hall–Kier alpha value is -0.190. The molecule has 0 fully saturated rings. The summed E-state index contributed by atoms with van der Waals surface area (Å²) in [6, 6.07) is 0. The predicted molar refractivity (Wildman–Crippen MR) is 47.7 cm³/mol. The zero-order valence-electron chi connectivity index (χ0n) is 7.11. The highest BCUT2D eigenvalue weighted by molar-refractivity contribution is 8.02. The van der Waals surface area contributed by atoms with Crippen molar-refractivity contribution in [2.45, 2.75) is 12.3 Å². The lowest BCUT2D eigenvalue weighted by atomic mass is 10.5. The van der Waals surface area contributed by atoms with E-state index in [9.17, 15) is 0 Å². The fourth-order valence-electron chi connectivity index (χ4n) is 1.21. The molecule has 0 amide bonds. The molecule has 0 aromatic carbocycles. The summed E-state index contributed by atoms with van der Waals surface area (Å²) in [7, 11) is 3.96. The molecule has 0 saturated carbocycles. The van der Waals surface area contributed by atoms with E-state index in [1.165, 1.54) is 5.70 Å². The quantitative estimate of drug-likeness (QED) is 0.666. The third-order valence-electron chi connectivity index (χ3n) is 1.62. The fourth-order valence-corrected chi connectivity index (χ4v) is 2.23. The number of nitrogens with zero attached hydrogens (tertiary/aromatic N) is 2. The average molecular weight is 174 g/mol. The third-order valence-corrected chi connectivity index (χ3v) is 2.76. The normalized spacial score (nSPS) is 24.6. The van der Waals surface area contributed by atoms with E-state index >= 15 is 0 Å². The highest BCUT2D eigenvalue weighted by Gasteiger charge is 2.24. The molecule has 0 aliphatic carbocycles. The van der Waals surface area contributed by atoms with Crippen LogP contribution in [0.25, 0.3) is 0 Å². The fraction of sp³-hybridized carbons (Fsp3) is 0.714. The van der Waals surface area contributed by atoms with Gasteiger partial charge in [-0.2, -0.15) is 0 Å². The van der Waals surface area contributed by atoms with Crippen LogP contribution in [0.3, 0.4) is 0 Å². The number of thioether (sulfide) groups is 1. The Balaban J connectivity index is 2.64. The monoisotopic (exact) mass is 174 g/mol. The summed E-state index contributed by atoms with van der Waals surface area (Å²) < 4.78 is 0. The van der Waals surface area contributed by atoms with Gasteiger partial charge in [0, 0.05) is 19.8 Å². The maximum absolute atomic E-state index is 8.98. The molecule has 1 heterocycles. The van der Waals surface area contributed by atoms with Gasteiger partial charge in [0.25, 0.3) is 0 Å². The maximum atomic E-state index is 8.98. The zero-order valence-corrected chi connectivity index (χ0v) is 7.93. The van der Waals surface area contributed by atoms with Crippen LogP contribution in [0.15, 0.2) is 11.1 Å². The van der Waals surface area contributed by atoms with Gasteiger partial charge in [-0.3, -0.25) is 5.01 Å². The molecule has 1 atom stereocenters. The van der Waals surface area contributed by atoms with Gasteiger partial charge >= 0.3 is 0 Å². The largest absolute Gasteiger partial charge is 0.393 e. The summed E-state index contributed by atoms with van der Waals surface area (Å²) in [4.78, 5) is 0. The van der Waals surface area contributed by atoms with Gasteiger partial charge in [0.05, 0.1) is 6.61 Å². The van der Waals surface area contributed by atoms with Crippen molar-refractivity contribution in [2.75, 3.05) is 20.7 Å². The first-order valence-electron chi connectivity index (χ1n) is 3.56. The molecule has 11 heavy (non-hydrogen) atoms. The molecular formula is C7H14N2OS. The van der Waals surface area contributed by atoms with Crippen LogP contribution in [0, 0.1) is 0 Å². The maximum Gasteiger partial charge on any atom is 0.117 e. The van der Waals surface area contributed by atoms with Crippen molar-refractivity contribution in [1.29, 1.82) is 0 Å². The summed E-state index contributed by atoms with van der Waals surface area (Å²) in [6.45, 7) is 2.24.